The van der Waals surface area contributed by atoms with Crippen LogP contribution in [0, 0.1) is 11.7 Å². The quantitative estimate of drug-likeness (QED) is 0.729. The SMILES string of the molecule is COC(=O)C1=C(C(=O)OC)N(c2ccc(N3CCC(C)CC3)c(F)c2)COC1. The van der Waals surface area contributed by atoms with Gasteiger partial charge in [0.2, 0.25) is 0 Å². The van der Waals surface area contributed by atoms with Gasteiger partial charge in [0.15, 0.2) is 0 Å². The van der Waals surface area contributed by atoms with E-state index in [-0.39, 0.29) is 30.4 Å². The molecule has 1 aromatic carbocycles. The van der Waals surface area contributed by atoms with Gasteiger partial charge in [-0.15, -0.1) is 0 Å². The number of hydrogen-bond acceptors (Lipinski definition) is 7. The van der Waals surface area contributed by atoms with Crippen molar-refractivity contribution in [3.8, 4) is 0 Å². The molecule has 3 rings (SSSR count). The summed E-state index contributed by atoms with van der Waals surface area (Å²) in [6.07, 6.45) is 2.05. The van der Waals surface area contributed by atoms with Crippen LogP contribution in [-0.2, 0) is 23.8 Å². The number of halogens is 1. The van der Waals surface area contributed by atoms with Crippen LogP contribution in [0.4, 0.5) is 15.8 Å². The predicted molar refractivity (Wildman–Crippen MR) is 101 cm³/mol. The average Bonchev–Trinajstić information content (AvgIpc) is 2.72. The maximum atomic E-state index is 14.9. The maximum Gasteiger partial charge on any atom is 0.355 e. The standard InChI is InChI=1S/C20H25FN2O5/c1-13-6-8-22(9-7-13)17-5-4-14(10-16(17)21)23-12-28-11-15(19(24)26-2)18(23)20(25)27-3/h4-5,10,13H,6-9,11-12H2,1-3H3. The highest BCUT2D eigenvalue weighted by Crippen LogP contribution is 2.32. The number of hydrogen-bond donors (Lipinski definition) is 0. The molecule has 1 fully saturated rings. The molecule has 0 aliphatic carbocycles. The Hall–Kier alpha value is -2.61. The van der Waals surface area contributed by atoms with Crippen molar-refractivity contribution in [2.75, 3.05) is 50.4 Å². The van der Waals surface area contributed by atoms with Gasteiger partial charge in [-0.25, -0.2) is 14.0 Å². The fourth-order valence-corrected chi connectivity index (χ4v) is 3.52. The molecule has 1 saturated heterocycles. The molecule has 28 heavy (non-hydrogen) atoms. The van der Waals surface area contributed by atoms with E-state index in [2.05, 4.69) is 6.92 Å². The lowest BCUT2D eigenvalue weighted by molar-refractivity contribution is -0.140. The van der Waals surface area contributed by atoms with Crippen molar-refractivity contribution >= 4 is 23.3 Å². The van der Waals surface area contributed by atoms with Crippen molar-refractivity contribution in [2.45, 2.75) is 19.8 Å². The van der Waals surface area contributed by atoms with Crippen LogP contribution in [0.5, 0.6) is 0 Å². The van der Waals surface area contributed by atoms with E-state index in [1.54, 1.807) is 12.1 Å². The highest BCUT2D eigenvalue weighted by atomic mass is 19.1. The second kappa shape index (κ2) is 8.60. The first kappa shape index (κ1) is 20.1. The molecule has 0 unspecified atom stereocenters. The summed E-state index contributed by atoms with van der Waals surface area (Å²) >= 11 is 0. The van der Waals surface area contributed by atoms with Gasteiger partial charge in [-0.05, 0) is 37.0 Å². The minimum Gasteiger partial charge on any atom is -0.466 e. The Morgan fingerprint density at radius 1 is 1.14 bits per heavy atom. The van der Waals surface area contributed by atoms with Gasteiger partial charge >= 0.3 is 11.9 Å². The van der Waals surface area contributed by atoms with E-state index < -0.39 is 11.9 Å². The molecule has 0 radical (unpaired) electrons. The van der Waals surface area contributed by atoms with E-state index in [4.69, 9.17) is 14.2 Å². The van der Waals surface area contributed by atoms with Gasteiger partial charge in [-0.3, -0.25) is 0 Å². The molecule has 0 bridgehead atoms. The molecule has 0 aromatic heterocycles. The topological polar surface area (TPSA) is 68.3 Å². The first-order valence-corrected chi connectivity index (χ1v) is 9.25. The minimum atomic E-state index is -0.710. The van der Waals surface area contributed by atoms with Gasteiger partial charge in [0.05, 0.1) is 32.1 Å². The Morgan fingerprint density at radius 2 is 1.82 bits per heavy atom. The monoisotopic (exact) mass is 392 g/mol. The number of methoxy groups -OCH3 is 2. The van der Waals surface area contributed by atoms with Gasteiger partial charge in [0.1, 0.15) is 18.2 Å². The summed E-state index contributed by atoms with van der Waals surface area (Å²) in [5.74, 6) is -1.14. The molecule has 0 amide bonds. The molecule has 0 saturated carbocycles. The van der Waals surface area contributed by atoms with E-state index in [0.29, 0.717) is 17.3 Å². The zero-order valence-electron chi connectivity index (χ0n) is 16.4. The van der Waals surface area contributed by atoms with Crippen LogP contribution in [0.25, 0.3) is 0 Å². The normalized spacial score (nSPS) is 18.3. The van der Waals surface area contributed by atoms with E-state index in [1.165, 1.54) is 25.2 Å². The van der Waals surface area contributed by atoms with Crippen molar-refractivity contribution in [2.24, 2.45) is 5.92 Å². The lowest BCUT2D eigenvalue weighted by atomic mass is 9.98. The van der Waals surface area contributed by atoms with Crippen molar-refractivity contribution in [3.05, 3.63) is 35.3 Å². The lowest BCUT2D eigenvalue weighted by Crippen LogP contribution is -2.39. The van der Waals surface area contributed by atoms with Gasteiger partial charge in [0.25, 0.3) is 0 Å². The Balaban J connectivity index is 1.94. The summed E-state index contributed by atoms with van der Waals surface area (Å²) in [7, 11) is 2.44. The van der Waals surface area contributed by atoms with Crippen LogP contribution in [-0.4, -0.2) is 52.6 Å². The summed E-state index contributed by atoms with van der Waals surface area (Å²) < 4.78 is 29.9. The third-order valence-corrected chi connectivity index (χ3v) is 5.20. The van der Waals surface area contributed by atoms with Crippen LogP contribution < -0.4 is 9.80 Å². The number of anilines is 2. The molecule has 2 heterocycles. The summed E-state index contributed by atoms with van der Waals surface area (Å²) in [5.41, 5.74) is 0.966. The second-order valence-electron chi connectivity index (χ2n) is 7.02. The zero-order chi connectivity index (χ0) is 20.3. The second-order valence-corrected chi connectivity index (χ2v) is 7.02. The number of rotatable bonds is 4. The van der Waals surface area contributed by atoms with E-state index in [1.807, 2.05) is 4.90 Å². The van der Waals surface area contributed by atoms with Gasteiger partial charge < -0.3 is 24.0 Å². The zero-order valence-corrected chi connectivity index (χ0v) is 16.4. The molecule has 0 N–H and O–H groups in total. The Labute approximate surface area is 163 Å². The molecular formula is C20H25FN2O5. The Kier molecular flexibility index (Phi) is 6.18. The van der Waals surface area contributed by atoms with Crippen LogP contribution in [0.1, 0.15) is 19.8 Å². The fourth-order valence-electron chi connectivity index (χ4n) is 3.52. The highest BCUT2D eigenvalue weighted by Gasteiger charge is 2.33. The molecule has 0 spiro atoms. The molecule has 152 valence electrons. The van der Waals surface area contributed by atoms with E-state index in [0.717, 1.165) is 25.9 Å². The first-order chi connectivity index (χ1) is 13.5. The molecule has 8 heteroatoms. The molecule has 2 aliphatic rings. The van der Waals surface area contributed by atoms with Crippen LogP contribution in [0.3, 0.4) is 0 Å². The summed E-state index contributed by atoms with van der Waals surface area (Å²) in [4.78, 5) is 27.8. The average molecular weight is 392 g/mol. The number of ether oxygens (including phenoxy) is 3. The van der Waals surface area contributed by atoms with E-state index in [9.17, 15) is 14.0 Å². The number of esters is 2. The van der Waals surface area contributed by atoms with Gasteiger partial charge in [-0.2, -0.15) is 0 Å². The van der Waals surface area contributed by atoms with Crippen LogP contribution in [0.15, 0.2) is 29.5 Å². The summed E-state index contributed by atoms with van der Waals surface area (Å²) in [5, 5.41) is 0. The molecule has 2 aliphatic heterocycles. The number of carbonyl (C=O) groups is 2. The van der Waals surface area contributed by atoms with Gasteiger partial charge in [-0.1, -0.05) is 6.92 Å². The van der Waals surface area contributed by atoms with Crippen LogP contribution in [0.2, 0.25) is 0 Å². The smallest absolute Gasteiger partial charge is 0.355 e. The first-order valence-electron chi connectivity index (χ1n) is 9.25. The van der Waals surface area contributed by atoms with Crippen molar-refractivity contribution < 1.29 is 28.2 Å². The molecule has 7 nitrogen and oxygen atoms in total. The number of carbonyl (C=O) groups excluding carboxylic acids is 2. The molecular weight excluding hydrogens is 367 g/mol. The Morgan fingerprint density at radius 3 is 2.43 bits per heavy atom. The number of benzene rings is 1. The summed E-state index contributed by atoms with van der Waals surface area (Å²) in [6, 6.07) is 4.75. The third kappa shape index (κ3) is 3.96. The predicted octanol–water partition coefficient (Wildman–Crippen LogP) is 2.46. The Bertz CT molecular complexity index is 787. The molecule has 1 aromatic rings. The van der Waals surface area contributed by atoms with Crippen LogP contribution >= 0.6 is 0 Å². The third-order valence-electron chi connectivity index (χ3n) is 5.20. The number of nitrogens with zero attached hydrogens (tertiary/aromatic N) is 2. The maximum absolute atomic E-state index is 14.9. The van der Waals surface area contributed by atoms with Crippen molar-refractivity contribution in [1.82, 2.24) is 0 Å². The van der Waals surface area contributed by atoms with Crippen molar-refractivity contribution in [3.63, 3.8) is 0 Å². The highest BCUT2D eigenvalue weighted by molar-refractivity contribution is 6.03. The lowest BCUT2D eigenvalue weighted by Gasteiger charge is -2.34. The fraction of sp³-hybridized carbons (Fsp3) is 0.500. The van der Waals surface area contributed by atoms with Gasteiger partial charge in [0, 0.05) is 18.8 Å². The number of piperidine rings is 1. The molecule has 0 atom stereocenters. The largest absolute Gasteiger partial charge is 0.466 e. The summed E-state index contributed by atoms with van der Waals surface area (Å²) in [6.45, 7) is 3.73. The minimum absolute atomic E-state index is 0.000419. The van der Waals surface area contributed by atoms with Crippen molar-refractivity contribution in [1.29, 1.82) is 0 Å². The van der Waals surface area contributed by atoms with E-state index >= 15 is 0 Å².